The smallest absolute Gasteiger partial charge is 0.172 e. The molecule has 0 saturated heterocycles. The molecule has 0 bridgehead atoms. The number of aldehydes is 1. The van der Waals surface area contributed by atoms with Gasteiger partial charge in [0.25, 0.3) is 0 Å². The zero-order valence-corrected chi connectivity index (χ0v) is 10.3. The number of nitrogens with zero attached hydrogens (tertiary/aromatic N) is 1. The number of ether oxygens (including phenoxy) is 1. The number of carbonyl (C=O) groups excluding carboxylic acids is 1. The minimum atomic E-state index is 0.350. The van der Waals surface area contributed by atoms with Crippen molar-refractivity contribution in [2.75, 3.05) is 0 Å². The van der Waals surface area contributed by atoms with Gasteiger partial charge in [-0.15, -0.1) is 0 Å². The first-order valence-electron chi connectivity index (χ1n) is 5.94. The van der Waals surface area contributed by atoms with Crippen LogP contribution < -0.4 is 4.74 Å². The maximum Gasteiger partial charge on any atom is 0.172 e. The minimum absolute atomic E-state index is 0.350. The quantitative estimate of drug-likeness (QED) is 0.755. The van der Waals surface area contributed by atoms with Crippen LogP contribution in [0, 0.1) is 0 Å². The van der Waals surface area contributed by atoms with E-state index < -0.39 is 0 Å². The van der Waals surface area contributed by atoms with Gasteiger partial charge in [-0.3, -0.25) is 4.79 Å². The van der Waals surface area contributed by atoms with Gasteiger partial charge in [-0.2, -0.15) is 0 Å². The van der Waals surface area contributed by atoms with Crippen molar-refractivity contribution in [2.45, 2.75) is 20.0 Å². The number of rotatable bonds is 5. The Kier molecular flexibility index (Phi) is 4.07. The van der Waals surface area contributed by atoms with E-state index in [1.54, 1.807) is 6.20 Å². The van der Waals surface area contributed by atoms with E-state index in [2.05, 4.69) is 4.98 Å². The second-order valence-corrected chi connectivity index (χ2v) is 3.97. The molecule has 1 heterocycles. The maximum atomic E-state index is 10.9. The third kappa shape index (κ3) is 2.94. The molecule has 0 aliphatic rings. The van der Waals surface area contributed by atoms with E-state index in [0.29, 0.717) is 18.1 Å². The Labute approximate surface area is 106 Å². The zero-order valence-electron chi connectivity index (χ0n) is 10.3. The summed E-state index contributed by atoms with van der Waals surface area (Å²) in [4.78, 5) is 15.0. The van der Waals surface area contributed by atoms with Crippen molar-refractivity contribution < 1.29 is 9.53 Å². The van der Waals surface area contributed by atoms with Gasteiger partial charge < -0.3 is 4.74 Å². The molecule has 0 fully saturated rings. The Balaban J connectivity index is 2.15. The fourth-order valence-electron chi connectivity index (χ4n) is 1.63. The van der Waals surface area contributed by atoms with E-state index in [1.807, 2.05) is 43.3 Å². The average molecular weight is 241 g/mol. The highest BCUT2D eigenvalue weighted by Crippen LogP contribution is 2.18. The van der Waals surface area contributed by atoms with Gasteiger partial charge in [0.2, 0.25) is 0 Å². The van der Waals surface area contributed by atoms with Crippen LogP contribution in [0.5, 0.6) is 5.75 Å². The molecule has 2 rings (SSSR count). The molecule has 0 aliphatic carbocycles. The lowest BCUT2D eigenvalue weighted by molar-refractivity contribution is 0.111. The van der Waals surface area contributed by atoms with Gasteiger partial charge in [-0.1, -0.05) is 37.3 Å². The van der Waals surface area contributed by atoms with Crippen LogP contribution in [-0.2, 0) is 13.0 Å². The van der Waals surface area contributed by atoms with Gasteiger partial charge in [-0.05, 0) is 23.6 Å². The highest BCUT2D eigenvalue weighted by Gasteiger charge is 2.06. The number of aryl methyl sites for hydroxylation is 1. The number of aromatic nitrogens is 1. The fraction of sp³-hybridized carbons (Fsp3) is 0.200. The van der Waals surface area contributed by atoms with Crippen LogP contribution >= 0.6 is 0 Å². The molecule has 18 heavy (non-hydrogen) atoms. The molecule has 0 amide bonds. The third-order valence-corrected chi connectivity index (χ3v) is 2.70. The Morgan fingerprint density at radius 2 is 2.00 bits per heavy atom. The largest absolute Gasteiger partial charge is 0.487 e. The fourth-order valence-corrected chi connectivity index (χ4v) is 1.63. The molecule has 0 saturated carbocycles. The van der Waals surface area contributed by atoms with Gasteiger partial charge in [0.1, 0.15) is 18.1 Å². The molecule has 0 N–H and O–H groups in total. The van der Waals surface area contributed by atoms with Crippen LogP contribution in [-0.4, -0.2) is 11.3 Å². The van der Waals surface area contributed by atoms with Crippen LogP contribution in [0.4, 0.5) is 0 Å². The molecule has 1 aromatic carbocycles. The molecule has 0 spiro atoms. The second kappa shape index (κ2) is 5.96. The van der Waals surface area contributed by atoms with Gasteiger partial charge in [0.05, 0.1) is 0 Å². The number of hydrogen-bond donors (Lipinski definition) is 0. The normalized spacial score (nSPS) is 10.1. The van der Waals surface area contributed by atoms with Gasteiger partial charge >= 0.3 is 0 Å². The first-order chi connectivity index (χ1) is 8.83. The van der Waals surface area contributed by atoms with Crippen molar-refractivity contribution >= 4 is 6.29 Å². The molecule has 0 radical (unpaired) electrons. The topological polar surface area (TPSA) is 39.2 Å². The van der Waals surface area contributed by atoms with Crippen LogP contribution in [0.15, 0.2) is 42.6 Å². The van der Waals surface area contributed by atoms with Crippen molar-refractivity contribution in [2.24, 2.45) is 0 Å². The first kappa shape index (κ1) is 12.3. The van der Waals surface area contributed by atoms with E-state index in [-0.39, 0.29) is 0 Å². The molecule has 0 aliphatic heterocycles. The van der Waals surface area contributed by atoms with Crippen LogP contribution in [0.1, 0.15) is 28.5 Å². The summed E-state index contributed by atoms with van der Waals surface area (Å²) in [6, 6.07) is 11.7. The monoisotopic (exact) mass is 241 g/mol. The van der Waals surface area contributed by atoms with Gasteiger partial charge in [0, 0.05) is 6.20 Å². The summed E-state index contributed by atoms with van der Waals surface area (Å²) in [5.74, 6) is 0.549. The molecular formula is C15H15NO2. The Hall–Kier alpha value is -2.16. The Bertz CT molecular complexity index is 523. The molecule has 2 aromatic rings. The standard InChI is InChI=1S/C15H15NO2/c1-2-12-8-15(14(10-17)16-9-12)18-11-13-6-4-3-5-7-13/h3-10H,2,11H2,1H3. The molecule has 1 aromatic heterocycles. The van der Waals surface area contributed by atoms with Gasteiger partial charge in [0.15, 0.2) is 6.29 Å². The van der Waals surface area contributed by atoms with Crippen molar-refractivity contribution in [3.8, 4) is 5.75 Å². The minimum Gasteiger partial charge on any atom is -0.487 e. The van der Waals surface area contributed by atoms with Crippen LogP contribution in [0.3, 0.4) is 0 Å². The number of hydrogen-bond acceptors (Lipinski definition) is 3. The lowest BCUT2D eigenvalue weighted by Gasteiger charge is -2.09. The van der Waals surface area contributed by atoms with Crippen LogP contribution in [0.2, 0.25) is 0 Å². The third-order valence-electron chi connectivity index (χ3n) is 2.70. The number of carbonyl (C=O) groups is 1. The Morgan fingerprint density at radius 1 is 1.22 bits per heavy atom. The first-order valence-corrected chi connectivity index (χ1v) is 5.94. The second-order valence-electron chi connectivity index (χ2n) is 3.97. The van der Waals surface area contributed by atoms with Crippen molar-refractivity contribution in [1.29, 1.82) is 0 Å². The SMILES string of the molecule is CCc1cnc(C=O)c(OCc2ccccc2)c1. The highest BCUT2D eigenvalue weighted by atomic mass is 16.5. The predicted octanol–water partition coefficient (Wildman–Crippen LogP) is 3.04. The van der Waals surface area contributed by atoms with Crippen LogP contribution in [0.25, 0.3) is 0 Å². The highest BCUT2D eigenvalue weighted by molar-refractivity contribution is 5.76. The molecule has 0 atom stereocenters. The molecular weight excluding hydrogens is 226 g/mol. The summed E-state index contributed by atoms with van der Waals surface area (Å²) < 4.78 is 5.66. The summed E-state index contributed by atoms with van der Waals surface area (Å²) in [6.07, 6.45) is 3.30. The van der Waals surface area contributed by atoms with E-state index in [1.165, 1.54) is 0 Å². The summed E-state index contributed by atoms with van der Waals surface area (Å²) in [5, 5.41) is 0. The summed E-state index contributed by atoms with van der Waals surface area (Å²) >= 11 is 0. The van der Waals surface area contributed by atoms with E-state index in [9.17, 15) is 4.79 Å². The van der Waals surface area contributed by atoms with Gasteiger partial charge in [-0.25, -0.2) is 4.98 Å². The molecule has 0 unspecified atom stereocenters. The zero-order chi connectivity index (χ0) is 12.8. The summed E-state index contributed by atoms with van der Waals surface area (Å²) in [5.41, 5.74) is 2.48. The van der Waals surface area contributed by atoms with Crippen molar-refractivity contribution in [3.63, 3.8) is 0 Å². The average Bonchev–Trinajstić information content (AvgIpc) is 2.45. The van der Waals surface area contributed by atoms with E-state index in [0.717, 1.165) is 23.8 Å². The van der Waals surface area contributed by atoms with Crippen molar-refractivity contribution in [1.82, 2.24) is 4.98 Å². The number of benzene rings is 1. The summed E-state index contributed by atoms with van der Waals surface area (Å²) in [7, 11) is 0. The lowest BCUT2D eigenvalue weighted by atomic mass is 10.2. The molecule has 3 heteroatoms. The molecule has 92 valence electrons. The van der Waals surface area contributed by atoms with E-state index in [4.69, 9.17) is 4.74 Å². The molecule has 3 nitrogen and oxygen atoms in total. The Morgan fingerprint density at radius 3 is 2.67 bits per heavy atom. The predicted molar refractivity (Wildman–Crippen MR) is 69.8 cm³/mol. The number of pyridine rings is 1. The summed E-state index contributed by atoms with van der Waals surface area (Å²) in [6.45, 7) is 2.48. The lowest BCUT2D eigenvalue weighted by Crippen LogP contribution is -2.01. The van der Waals surface area contributed by atoms with E-state index >= 15 is 0 Å². The van der Waals surface area contributed by atoms with Crippen molar-refractivity contribution in [3.05, 3.63) is 59.4 Å². The maximum absolute atomic E-state index is 10.9.